The van der Waals surface area contributed by atoms with Crippen LogP contribution in [-0.2, 0) is 44.4 Å². The Labute approximate surface area is 315 Å². The molecule has 1 unspecified atom stereocenters. The van der Waals surface area contributed by atoms with E-state index in [1.54, 1.807) is 14.2 Å². The minimum absolute atomic E-state index is 0.102. The lowest BCUT2D eigenvalue weighted by atomic mass is 10.0. The van der Waals surface area contributed by atoms with E-state index in [0.717, 1.165) is 24.8 Å². The first-order valence-electron chi connectivity index (χ1n) is 19.8. The first kappa shape index (κ1) is 47.5. The molecule has 0 fully saturated rings. The van der Waals surface area contributed by atoms with E-state index in [2.05, 4.69) is 29.7 Å². The normalized spacial score (nSPS) is 12.0. The predicted octanol–water partition coefficient (Wildman–Crippen LogP) is 6.61. The van der Waals surface area contributed by atoms with Crippen molar-refractivity contribution in [2.24, 2.45) is 0 Å². The number of ether oxygens (including phenoxy) is 7. The molecule has 0 saturated carbocycles. The summed E-state index contributed by atoms with van der Waals surface area (Å²) in [5.74, 6) is 0.375. The lowest BCUT2D eigenvalue weighted by molar-refractivity contribution is -0.129. The number of carbonyl (C=O) groups excluding carboxylic acids is 2. The molecular formula is C41H72N2O9. The van der Waals surface area contributed by atoms with Crippen molar-refractivity contribution < 1.29 is 42.7 Å². The molecule has 1 aromatic rings. The van der Waals surface area contributed by atoms with Gasteiger partial charge in [0.05, 0.1) is 66.1 Å². The van der Waals surface area contributed by atoms with Crippen LogP contribution in [0.15, 0.2) is 36.4 Å². The third-order valence-corrected chi connectivity index (χ3v) is 8.33. The molecule has 2 amide bonds. The zero-order valence-electron chi connectivity index (χ0n) is 32.8. The van der Waals surface area contributed by atoms with Crippen molar-refractivity contribution in [2.45, 2.75) is 109 Å². The SMILES string of the molecule is CCCCCC/C=C\CCCCCCCCCC(=O)NC(Cc1ccc(OCCOCCOCCOC)cc1)C(=O)NCCOCCOCCOC. The molecule has 0 aromatic heterocycles. The van der Waals surface area contributed by atoms with E-state index in [1.807, 2.05) is 24.3 Å². The zero-order valence-corrected chi connectivity index (χ0v) is 32.8. The third-order valence-electron chi connectivity index (χ3n) is 8.33. The van der Waals surface area contributed by atoms with Crippen LogP contribution in [0.3, 0.4) is 0 Å². The van der Waals surface area contributed by atoms with Gasteiger partial charge < -0.3 is 43.8 Å². The van der Waals surface area contributed by atoms with Crippen LogP contribution in [0.1, 0.15) is 102 Å². The minimum Gasteiger partial charge on any atom is -0.491 e. The molecule has 0 radical (unpaired) electrons. The summed E-state index contributed by atoms with van der Waals surface area (Å²) in [6.07, 6.45) is 21.1. The monoisotopic (exact) mass is 737 g/mol. The van der Waals surface area contributed by atoms with E-state index in [1.165, 1.54) is 64.2 Å². The molecule has 0 aliphatic heterocycles. The molecule has 1 atom stereocenters. The number of carbonyl (C=O) groups is 2. The quantitative estimate of drug-likeness (QED) is 0.0571. The number of rotatable bonds is 38. The Kier molecular flexibility index (Phi) is 33.6. The van der Waals surface area contributed by atoms with Crippen molar-refractivity contribution in [3.05, 3.63) is 42.0 Å². The van der Waals surface area contributed by atoms with Gasteiger partial charge in [0, 0.05) is 33.6 Å². The summed E-state index contributed by atoms with van der Waals surface area (Å²) in [6, 6.07) is 6.89. The Hall–Kier alpha value is -2.54. The Balaban J connectivity index is 2.41. The van der Waals surface area contributed by atoms with Crippen LogP contribution in [0.4, 0.5) is 0 Å². The van der Waals surface area contributed by atoms with Gasteiger partial charge >= 0.3 is 0 Å². The predicted molar refractivity (Wildman–Crippen MR) is 207 cm³/mol. The topological polar surface area (TPSA) is 123 Å². The lowest BCUT2D eigenvalue weighted by Crippen LogP contribution is -2.48. The molecule has 0 aliphatic carbocycles. The molecule has 0 saturated heterocycles. The molecule has 0 bridgehead atoms. The fourth-order valence-corrected chi connectivity index (χ4v) is 5.31. The Morgan fingerprint density at radius 1 is 0.615 bits per heavy atom. The van der Waals surface area contributed by atoms with Crippen LogP contribution < -0.4 is 15.4 Å². The molecule has 1 rings (SSSR count). The second kappa shape index (κ2) is 36.8. The van der Waals surface area contributed by atoms with Crippen molar-refractivity contribution in [1.82, 2.24) is 10.6 Å². The summed E-state index contributed by atoms with van der Waals surface area (Å²) < 4.78 is 37.6. The van der Waals surface area contributed by atoms with E-state index in [-0.39, 0.29) is 11.8 Å². The van der Waals surface area contributed by atoms with E-state index in [0.29, 0.717) is 97.8 Å². The first-order chi connectivity index (χ1) is 25.6. The number of hydrogen-bond donors (Lipinski definition) is 2. The summed E-state index contributed by atoms with van der Waals surface area (Å²) in [6.45, 7) is 7.88. The second-order valence-electron chi connectivity index (χ2n) is 12.9. The van der Waals surface area contributed by atoms with E-state index < -0.39 is 6.04 Å². The third kappa shape index (κ3) is 30.0. The minimum atomic E-state index is -0.693. The largest absolute Gasteiger partial charge is 0.491 e. The summed E-state index contributed by atoms with van der Waals surface area (Å²) in [5, 5.41) is 5.90. The highest BCUT2D eigenvalue weighted by molar-refractivity contribution is 5.87. The Morgan fingerprint density at radius 3 is 1.69 bits per heavy atom. The summed E-state index contributed by atoms with van der Waals surface area (Å²) in [7, 11) is 3.27. The van der Waals surface area contributed by atoms with Gasteiger partial charge in [-0.1, -0.05) is 82.6 Å². The van der Waals surface area contributed by atoms with Gasteiger partial charge in [0.25, 0.3) is 0 Å². The van der Waals surface area contributed by atoms with Gasteiger partial charge in [-0.25, -0.2) is 0 Å². The van der Waals surface area contributed by atoms with Crippen molar-refractivity contribution in [2.75, 3.05) is 93.4 Å². The molecule has 2 N–H and O–H groups in total. The molecule has 52 heavy (non-hydrogen) atoms. The lowest BCUT2D eigenvalue weighted by Gasteiger charge is -2.19. The van der Waals surface area contributed by atoms with Gasteiger partial charge in [-0.05, 0) is 49.8 Å². The molecule has 0 spiro atoms. The number of allylic oxidation sites excluding steroid dienone is 2. The van der Waals surface area contributed by atoms with Crippen LogP contribution in [0.5, 0.6) is 5.75 Å². The molecule has 0 aliphatic rings. The van der Waals surface area contributed by atoms with Gasteiger partial charge in [0.2, 0.25) is 11.8 Å². The van der Waals surface area contributed by atoms with E-state index >= 15 is 0 Å². The number of unbranched alkanes of at least 4 members (excludes halogenated alkanes) is 11. The van der Waals surface area contributed by atoms with Gasteiger partial charge in [0.1, 0.15) is 18.4 Å². The smallest absolute Gasteiger partial charge is 0.243 e. The molecule has 11 nitrogen and oxygen atoms in total. The molecule has 300 valence electrons. The van der Waals surface area contributed by atoms with Gasteiger partial charge in [-0.3, -0.25) is 9.59 Å². The van der Waals surface area contributed by atoms with E-state index in [9.17, 15) is 9.59 Å². The van der Waals surface area contributed by atoms with Crippen molar-refractivity contribution >= 4 is 11.8 Å². The van der Waals surface area contributed by atoms with Crippen LogP contribution >= 0.6 is 0 Å². The maximum Gasteiger partial charge on any atom is 0.243 e. The molecular weight excluding hydrogens is 664 g/mol. The average molecular weight is 737 g/mol. The van der Waals surface area contributed by atoms with Crippen LogP contribution in [-0.4, -0.2) is 111 Å². The van der Waals surface area contributed by atoms with Crippen LogP contribution in [0.2, 0.25) is 0 Å². The van der Waals surface area contributed by atoms with Crippen molar-refractivity contribution in [3.8, 4) is 5.75 Å². The highest BCUT2D eigenvalue weighted by atomic mass is 16.6. The van der Waals surface area contributed by atoms with Gasteiger partial charge in [-0.2, -0.15) is 0 Å². The number of hydrogen-bond acceptors (Lipinski definition) is 9. The average Bonchev–Trinajstić information content (AvgIpc) is 3.15. The van der Waals surface area contributed by atoms with Crippen molar-refractivity contribution in [3.63, 3.8) is 0 Å². The van der Waals surface area contributed by atoms with Crippen LogP contribution in [0.25, 0.3) is 0 Å². The number of benzene rings is 1. The number of amides is 2. The Morgan fingerprint density at radius 2 is 1.12 bits per heavy atom. The number of nitrogens with one attached hydrogen (secondary N) is 2. The van der Waals surface area contributed by atoms with Crippen molar-refractivity contribution in [1.29, 1.82) is 0 Å². The summed E-state index contributed by atoms with van der Waals surface area (Å²) in [5.41, 5.74) is 0.921. The fourth-order valence-electron chi connectivity index (χ4n) is 5.31. The maximum atomic E-state index is 13.2. The van der Waals surface area contributed by atoms with Gasteiger partial charge in [0.15, 0.2) is 0 Å². The summed E-state index contributed by atoms with van der Waals surface area (Å²) >= 11 is 0. The standard InChI is InChI=1S/C41H72N2O9/c1-4-5-6-7-8-9-10-11-12-13-14-15-16-17-18-19-40(44)43-39(41(45)42-24-25-48-30-31-49-28-26-46-2)36-37-20-22-38(23-21-37)52-35-34-51-33-32-50-29-27-47-3/h9-10,20-23,39H,4-8,11-19,24-36H2,1-3H3,(H,42,45)(H,43,44)/b10-9-. The fraction of sp³-hybridized carbons (Fsp3) is 0.756. The zero-order chi connectivity index (χ0) is 37.6. The maximum absolute atomic E-state index is 13.2. The first-order valence-corrected chi connectivity index (χ1v) is 19.8. The van der Waals surface area contributed by atoms with E-state index in [4.69, 9.17) is 33.2 Å². The van der Waals surface area contributed by atoms with Gasteiger partial charge in [-0.15, -0.1) is 0 Å². The molecule has 0 heterocycles. The molecule has 1 aromatic carbocycles. The highest BCUT2D eigenvalue weighted by Crippen LogP contribution is 2.15. The Bertz CT molecular complexity index is 978. The highest BCUT2D eigenvalue weighted by Gasteiger charge is 2.21. The van der Waals surface area contributed by atoms with Crippen LogP contribution in [0, 0.1) is 0 Å². The number of methoxy groups -OCH3 is 2. The summed E-state index contributed by atoms with van der Waals surface area (Å²) in [4.78, 5) is 26.1. The molecule has 11 heteroatoms. The second-order valence-corrected chi connectivity index (χ2v) is 12.9.